The van der Waals surface area contributed by atoms with Gasteiger partial charge >= 0.3 is 0 Å². The van der Waals surface area contributed by atoms with Crippen molar-refractivity contribution in [3.8, 4) is 5.75 Å². The minimum atomic E-state index is -1.02. The SMILES string of the molecule is O=C(NN1CCCCC1)[C@]1(C/C=C/c2ccccc2)COC(c2ccc(OCCCO)cc2)=N1. The smallest absolute Gasteiger partial charge is 0.266 e. The molecule has 0 saturated carbocycles. The Morgan fingerprint density at radius 1 is 1.12 bits per heavy atom. The highest BCUT2D eigenvalue weighted by molar-refractivity contribution is 6.00. The van der Waals surface area contributed by atoms with E-state index >= 15 is 0 Å². The fourth-order valence-electron chi connectivity index (χ4n) is 4.06. The van der Waals surface area contributed by atoms with Crippen molar-refractivity contribution in [1.82, 2.24) is 10.4 Å². The molecular weight excluding hydrogens is 430 g/mol. The van der Waals surface area contributed by atoms with E-state index in [-0.39, 0.29) is 19.1 Å². The third-order valence-electron chi connectivity index (χ3n) is 6.04. The summed E-state index contributed by atoms with van der Waals surface area (Å²) < 4.78 is 11.6. The fourth-order valence-corrected chi connectivity index (χ4v) is 4.06. The van der Waals surface area contributed by atoms with Gasteiger partial charge in [-0.2, -0.15) is 0 Å². The van der Waals surface area contributed by atoms with Crippen molar-refractivity contribution in [1.29, 1.82) is 0 Å². The zero-order valence-electron chi connectivity index (χ0n) is 19.5. The summed E-state index contributed by atoms with van der Waals surface area (Å²) in [7, 11) is 0. The number of nitrogens with one attached hydrogen (secondary N) is 1. The summed E-state index contributed by atoms with van der Waals surface area (Å²) in [5.41, 5.74) is 3.95. The molecule has 4 rings (SSSR count). The summed E-state index contributed by atoms with van der Waals surface area (Å²) in [5, 5.41) is 10.9. The van der Waals surface area contributed by atoms with Gasteiger partial charge in [0.05, 0.1) is 6.61 Å². The Bertz CT molecular complexity index is 985. The van der Waals surface area contributed by atoms with Crippen LogP contribution >= 0.6 is 0 Å². The van der Waals surface area contributed by atoms with Gasteiger partial charge in [-0.1, -0.05) is 48.9 Å². The van der Waals surface area contributed by atoms with E-state index in [2.05, 4.69) is 5.43 Å². The summed E-state index contributed by atoms with van der Waals surface area (Å²) in [6.07, 6.45) is 8.40. The first kappa shape index (κ1) is 24.0. The van der Waals surface area contributed by atoms with Gasteiger partial charge in [-0.3, -0.25) is 10.2 Å². The molecule has 2 aromatic carbocycles. The van der Waals surface area contributed by atoms with Crippen LogP contribution in [0.15, 0.2) is 65.7 Å². The van der Waals surface area contributed by atoms with Gasteiger partial charge in [0.25, 0.3) is 5.91 Å². The van der Waals surface area contributed by atoms with Crippen LogP contribution < -0.4 is 10.2 Å². The highest BCUT2D eigenvalue weighted by atomic mass is 16.5. The number of carbonyl (C=O) groups excluding carboxylic acids is 1. The van der Waals surface area contributed by atoms with Crippen LogP contribution in [0.2, 0.25) is 0 Å². The molecule has 1 amide bonds. The molecule has 0 radical (unpaired) electrons. The van der Waals surface area contributed by atoms with Crippen molar-refractivity contribution in [2.75, 3.05) is 32.9 Å². The van der Waals surface area contributed by atoms with Gasteiger partial charge in [-0.15, -0.1) is 0 Å². The van der Waals surface area contributed by atoms with Crippen molar-refractivity contribution < 1.29 is 19.4 Å². The van der Waals surface area contributed by atoms with E-state index in [1.807, 2.05) is 71.8 Å². The zero-order valence-corrected chi connectivity index (χ0v) is 19.5. The second-order valence-corrected chi connectivity index (χ2v) is 8.69. The maximum Gasteiger partial charge on any atom is 0.266 e. The average Bonchev–Trinajstić information content (AvgIpc) is 3.32. The number of amides is 1. The minimum absolute atomic E-state index is 0.100. The second-order valence-electron chi connectivity index (χ2n) is 8.69. The Balaban J connectivity index is 1.51. The van der Waals surface area contributed by atoms with E-state index < -0.39 is 5.54 Å². The molecular formula is C27H33N3O4. The molecule has 1 fully saturated rings. The van der Waals surface area contributed by atoms with Gasteiger partial charge in [-0.25, -0.2) is 10.0 Å². The fraction of sp³-hybridized carbons (Fsp3) is 0.407. The first-order chi connectivity index (χ1) is 16.7. The second kappa shape index (κ2) is 11.8. The number of nitrogens with zero attached hydrogens (tertiary/aromatic N) is 2. The Hall–Kier alpha value is -3.16. The highest BCUT2D eigenvalue weighted by Crippen LogP contribution is 2.28. The van der Waals surface area contributed by atoms with Gasteiger partial charge in [0.2, 0.25) is 5.90 Å². The van der Waals surface area contributed by atoms with E-state index in [1.54, 1.807) is 0 Å². The molecule has 0 aromatic heterocycles. The molecule has 2 aliphatic heterocycles. The molecule has 2 aliphatic rings. The summed E-state index contributed by atoms with van der Waals surface area (Å²) in [4.78, 5) is 18.3. The summed E-state index contributed by atoms with van der Waals surface area (Å²) >= 11 is 0. The van der Waals surface area contributed by atoms with Gasteiger partial charge in [-0.05, 0) is 42.7 Å². The van der Waals surface area contributed by atoms with Crippen LogP contribution in [0.25, 0.3) is 6.08 Å². The maximum atomic E-state index is 13.4. The zero-order chi connectivity index (χ0) is 23.6. The molecule has 0 spiro atoms. The van der Waals surface area contributed by atoms with Crippen LogP contribution in [-0.4, -0.2) is 60.4 Å². The highest BCUT2D eigenvalue weighted by Gasteiger charge is 2.44. The Morgan fingerprint density at radius 2 is 1.88 bits per heavy atom. The first-order valence-electron chi connectivity index (χ1n) is 12.0. The topological polar surface area (TPSA) is 83.4 Å². The quantitative estimate of drug-likeness (QED) is 0.526. The lowest BCUT2D eigenvalue weighted by atomic mass is 9.95. The van der Waals surface area contributed by atoms with Crippen molar-refractivity contribution in [3.05, 3.63) is 71.8 Å². The number of hydrogen-bond donors (Lipinski definition) is 2. The summed E-state index contributed by atoms with van der Waals surface area (Å²) in [6, 6.07) is 17.5. The van der Waals surface area contributed by atoms with E-state index in [9.17, 15) is 4.79 Å². The number of ether oxygens (including phenoxy) is 2. The molecule has 0 unspecified atom stereocenters. The molecule has 180 valence electrons. The number of aliphatic hydroxyl groups excluding tert-OH is 1. The van der Waals surface area contributed by atoms with Crippen molar-refractivity contribution >= 4 is 17.9 Å². The number of aliphatic hydroxyl groups is 1. The molecule has 1 atom stereocenters. The lowest BCUT2D eigenvalue weighted by molar-refractivity contribution is -0.132. The number of rotatable bonds is 10. The number of piperidine rings is 1. The van der Waals surface area contributed by atoms with E-state index in [0.29, 0.717) is 25.3 Å². The van der Waals surface area contributed by atoms with Crippen LogP contribution in [-0.2, 0) is 9.53 Å². The van der Waals surface area contributed by atoms with E-state index in [0.717, 1.165) is 42.8 Å². The molecule has 0 bridgehead atoms. The van der Waals surface area contributed by atoms with Crippen LogP contribution in [0.1, 0.15) is 43.2 Å². The third-order valence-corrected chi connectivity index (χ3v) is 6.04. The largest absolute Gasteiger partial charge is 0.494 e. The number of aliphatic imine (C=N–C) groups is 1. The van der Waals surface area contributed by atoms with Gasteiger partial charge in [0, 0.05) is 38.1 Å². The Kier molecular flexibility index (Phi) is 8.33. The van der Waals surface area contributed by atoms with E-state index in [1.165, 1.54) is 6.42 Å². The maximum absolute atomic E-state index is 13.4. The summed E-state index contributed by atoms with van der Waals surface area (Å²) in [5.74, 6) is 1.05. The standard InChI is InChI=1S/C27H33N3O4/c31-19-8-20-33-24-14-12-23(13-15-24)25-28-27(21-34-25,16-7-11-22-9-3-1-4-10-22)26(32)29-30-17-5-2-6-18-30/h1,3-4,7,9-15,31H,2,5-6,8,16-21H2,(H,29,32)/b11-7+/t27-/m0/s1. The molecule has 7 heteroatoms. The number of benzene rings is 2. The van der Waals surface area contributed by atoms with Gasteiger partial charge < -0.3 is 14.6 Å². The van der Waals surface area contributed by atoms with Crippen molar-refractivity contribution in [2.24, 2.45) is 4.99 Å². The Morgan fingerprint density at radius 3 is 2.62 bits per heavy atom. The first-order valence-corrected chi connectivity index (χ1v) is 12.0. The van der Waals surface area contributed by atoms with Crippen molar-refractivity contribution in [2.45, 2.75) is 37.6 Å². The van der Waals surface area contributed by atoms with Crippen molar-refractivity contribution in [3.63, 3.8) is 0 Å². The molecule has 1 saturated heterocycles. The normalized spacial score (nSPS) is 20.7. The third kappa shape index (κ3) is 6.24. The monoisotopic (exact) mass is 463 g/mol. The average molecular weight is 464 g/mol. The molecule has 7 nitrogen and oxygen atoms in total. The van der Waals surface area contributed by atoms with Crippen LogP contribution in [0.4, 0.5) is 0 Å². The number of carbonyl (C=O) groups is 1. The summed E-state index contributed by atoms with van der Waals surface area (Å²) in [6.45, 7) is 2.47. The predicted octanol–water partition coefficient (Wildman–Crippen LogP) is 3.58. The lowest BCUT2D eigenvalue weighted by Crippen LogP contribution is -2.54. The van der Waals surface area contributed by atoms with Gasteiger partial charge in [0.1, 0.15) is 12.4 Å². The molecule has 2 N–H and O–H groups in total. The predicted molar refractivity (Wildman–Crippen MR) is 133 cm³/mol. The van der Waals surface area contributed by atoms with Crippen LogP contribution in [0, 0.1) is 0 Å². The Labute approximate surface area is 201 Å². The van der Waals surface area contributed by atoms with E-state index in [4.69, 9.17) is 19.6 Å². The molecule has 34 heavy (non-hydrogen) atoms. The number of hydrazine groups is 1. The van der Waals surface area contributed by atoms with Crippen LogP contribution in [0.3, 0.4) is 0 Å². The van der Waals surface area contributed by atoms with Crippen LogP contribution in [0.5, 0.6) is 5.75 Å². The van der Waals surface area contributed by atoms with Gasteiger partial charge in [0.15, 0.2) is 5.54 Å². The molecule has 2 aromatic rings. The molecule has 2 heterocycles. The minimum Gasteiger partial charge on any atom is -0.494 e. The molecule has 0 aliphatic carbocycles. The lowest BCUT2D eigenvalue weighted by Gasteiger charge is -2.30. The number of hydrogen-bond acceptors (Lipinski definition) is 6.